The number of hydrogen-bond acceptors (Lipinski definition) is 3. The van der Waals surface area contributed by atoms with Crippen LogP contribution in [-0.4, -0.2) is 21.4 Å². The van der Waals surface area contributed by atoms with Gasteiger partial charge in [-0.3, -0.25) is 14.6 Å². The van der Waals surface area contributed by atoms with Crippen LogP contribution in [0.15, 0.2) is 61.1 Å². The Balaban J connectivity index is 1.81. The van der Waals surface area contributed by atoms with Gasteiger partial charge in [-0.2, -0.15) is 0 Å². The number of nitrogens with zero attached hydrogens (tertiary/aromatic N) is 2. The number of hydrogen-bond donors (Lipinski definition) is 2. The Bertz CT molecular complexity index is 931. The second kappa shape index (κ2) is 8.31. The summed E-state index contributed by atoms with van der Waals surface area (Å²) in [7, 11) is 0. The topological polar surface area (TPSA) is 76.0 Å². The average molecular weight is 362 g/mol. The first-order valence-electron chi connectivity index (χ1n) is 8.86. The third-order valence-corrected chi connectivity index (χ3v) is 4.07. The zero-order valence-corrected chi connectivity index (χ0v) is 15.4. The molecule has 2 N–H and O–H groups in total. The van der Waals surface area contributed by atoms with Gasteiger partial charge in [0.2, 0.25) is 5.91 Å². The molecule has 0 unspecified atom stereocenters. The van der Waals surface area contributed by atoms with E-state index < -0.39 is 0 Å². The maximum Gasteiger partial charge on any atom is 0.272 e. The lowest BCUT2D eigenvalue weighted by Gasteiger charge is -2.09. The summed E-state index contributed by atoms with van der Waals surface area (Å²) in [5.74, 6) is -0.302. The van der Waals surface area contributed by atoms with E-state index in [1.165, 1.54) is 6.92 Å². The first-order valence-corrected chi connectivity index (χ1v) is 8.86. The van der Waals surface area contributed by atoms with E-state index in [0.717, 1.165) is 24.1 Å². The summed E-state index contributed by atoms with van der Waals surface area (Å²) < 4.78 is 1.97. The summed E-state index contributed by atoms with van der Waals surface area (Å²) >= 11 is 0. The van der Waals surface area contributed by atoms with E-state index in [1.54, 1.807) is 36.7 Å². The largest absolute Gasteiger partial charge is 0.343 e. The van der Waals surface area contributed by atoms with Crippen molar-refractivity contribution in [1.29, 1.82) is 0 Å². The van der Waals surface area contributed by atoms with E-state index in [2.05, 4.69) is 22.5 Å². The summed E-state index contributed by atoms with van der Waals surface area (Å²) in [5, 5.41) is 5.62. The van der Waals surface area contributed by atoms with E-state index >= 15 is 0 Å². The van der Waals surface area contributed by atoms with Gasteiger partial charge in [0.15, 0.2) is 0 Å². The molecular formula is C21H22N4O2. The van der Waals surface area contributed by atoms with Crippen LogP contribution in [0.2, 0.25) is 0 Å². The molecule has 27 heavy (non-hydrogen) atoms. The molecule has 6 heteroatoms. The highest BCUT2D eigenvalue weighted by molar-refractivity contribution is 6.04. The van der Waals surface area contributed by atoms with Gasteiger partial charge < -0.3 is 15.2 Å². The molecule has 2 heterocycles. The predicted octanol–water partition coefficient (Wildman–Crippen LogP) is 4.17. The van der Waals surface area contributed by atoms with Crippen LogP contribution < -0.4 is 10.6 Å². The van der Waals surface area contributed by atoms with E-state index in [4.69, 9.17) is 0 Å². The first kappa shape index (κ1) is 18.4. The van der Waals surface area contributed by atoms with Crippen molar-refractivity contribution in [3.05, 3.63) is 66.7 Å². The summed E-state index contributed by atoms with van der Waals surface area (Å²) in [5.41, 5.74) is 3.97. The van der Waals surface area contributed by atoms with Gasteiger partial charge in [-0.05, 0) is 54.4 Å². The number of anilines is 2. The summed E-state index contributed by atoms with van der Waals surface area (Å²) in [6.45, 7) is 4.29. The Kier molecular flexibility index (Phi) is 5.66. The molecule has 0 radical (unpaired) electrons. The Morgan fingerprint density at radius 2 is 1.59 bits per heavy atom. The average Bonchev–Trinajstić information content (AvgIpc) is 3.08. The first-order chi connectivity index (χ1) is 13.1. The molecule has 0 aliphatic heterocycles. The summed E-state index contributed by atoms with van der Waals surface area (Å²) in [4.78, 5) is 27.9. The van der Waals surface area contributed by atoms with Crippen LogP contribution in [0, 0.1) is 0 Å². The van der Waals surface area contributed by atoms with Crippen molar-refractivity contribution < 1.29 is 9.59 Å². The van der Waals surface area contributed by atoms with E-state index in [1.807, 2.05) is 29.0 Å². The van der Waals surface area contributed by atoms with Gasteiger partial charge in [0.25, 0.3) is 5.91 Å². The van der Waals surface area contributed by atoms with Gasteiger partial charge in [-0.1, -0.05) is 6.92 Å². The fraction of sp³-hybridized carbons (Fsp3) is 0.190. The van der Waals surface area contributed by atoms with Gasteiger partial charge in [-0.15, -0.1) is 0 Å². The molecule has 0 saturated carbocycles. The van der Waals surface area contributed by atoms with Crippen LogP contribution in [0.5, 0.6) is 0 Å². The van der Waals surface area contributed by atoms with E-state index in [9.17, 15) is 9.59 Å². The number of rotatable bonds is 6. The molecule has 0 aliphatic carbocycles. The monoisotopic (exact) mass is 362 g/mol. The molecule has 1 aromatic carbocycles. The van der Waals surface area contributed by atoms with Crippen LogP contribution >= 0.6 is 0 Å². The maximum atomic E-state index is 12.8. The summed E-state index contributed by atoms with van der Waals surface area (Å²) in [6, 6.07) is 12.8. The molecule has 2 amide bonds. The highest BCUT2D eigenvalue weighted by Gasteiger charge is 2.15. The number of pyridine rings is 1. The van der Waals surface area contributed by atoms with Gasteiger partial charge in [0.05, 0.1) is 0 Å². The van der Waals surface area contributed by atoms with Crippen LogP contribution in [0.3, 0.4) is 0 Å². The van der Waals surface area contributed by atoms with Crippen LogP contribution in [0.4, 0.5) is 11.4 Å². The zero-order valence-electron chi connectivity index (χ0n) is 15.4. The van der Waals surface area contributed by atoms with Gasteiger partial charge in [-0.25, -0.2) is 0 Å². The van der Waals surface area contributed by atoms with Crippen molar-refractivity contribution in [1.82, 2.24) is 9.55 Å². The van der Waals surface area contributed by atoms with Crippen LogP contribution in [0.25, 0.3) is 11.1 Å². The van der Waals surface area contributed by atoms with Gasteiger partial charge in [0.1, 0.15) is 5.69 Å². The Hall–Kier alpha value is -3.41. The lowest BCUT2D eigenvalue weighted by Crippen LogP contribution is -2.16. The molecule has 6 nitrogen and oxygen atoms in total. The van der Waals surface area contributed by atoms with E-state index in [0.29, 0.717) is 17.1 Å². The standard InChI is InChI=1S/C21H22N4O2/c1-3-12-25-14-17(16-8-10-22-11-9-16)13-20(25)21(27)24-19-6-4-18(5-7-19)23-15(2)26/h4-11,13-14H,3,12H2,1-2H3,(H,23,26)(H,24,27). The number of carbonyl (C=O) groups is 2. The molecule has 0 fully saturated rings. The number of carbonyl (C=O) groups excluding carboxylic acids is 2. The Labute approximate surface area is 158 Å². The van der Waals surface area contributed by atoms with Gasteiger partial charge >= 0.3 is 0 Å². The molecule has 0 saturated heterocycles. The number of aromatic nitrogens is 2. The fourth-order valence-electron chi connectivity index (χ4n) is 2.86. The number of nitrogens with one attached hydrogen (secondary N) is 2. The minimum atomic E-state index is -0.170. The molecule has 138 valence electrons. The van der Waals surface area contributed by atoms with Crippen molar-refractivity contribution in [2.45, 2.75) is 26.8 Å². The van der Waals surface area contributed by atoms with Crippen molar-refractivity contribution in [2.24, 2.45) is 0 Å². The zero-order chi connectivity index (χ0) is 19.2. The number of aryl methyl sites for hydroxylation is 1. The molecule has 2 aromatic heterocycles. The molecule has 3 aromatic rings. The second-order valence-electron chi connectivity index (χ2n) is 6.26. The lowest BCUT2D eigenvalue weighted by molar-refractivity contribution is -0.114. The Morgan fingerprint density at radius 1 is 0.963 bits per heavy atom. The smallest absolute Gasteiger partial charge is 0.272 e. The highest BCUT2D eigenvalue weighted by atomic mass is 16.2. The maximum absolute atomic E-state index is 12.8. The summed E-state index contributed by atoms with van der Waals surface area (Å²) in [6.07, 6.45) is 6.40. The van der Waals surface area contributed by atoms with Crippen molar-refractivity contribution in [2.75, 3.05) is 10.6 Å². The molecule has 0 atom stereocenters. The fourth-order valence-corrected chi connectivity index (χ4v) is 2.86. The normalized spacial score (nSPS) is 10.4. The molecule has 3 rings (SSSR count). The third-order valence-electron chi connectivity index (χ3n) is 4.07. The minimum absolute atomic E-state index is 0.132. The quantitative estimate of drug-likeness (QED) is 0.691. The SMILES string of the molecule is CCCn1cc(-c2ccncc2)cc1C(=O)Nc1ccc(NC(C)=O)cc1. The van der Waals surface area contributed by atoms with Crippen molar-refractivity contribution in [3.8, 4) is 11.1 Å². The molecule has 0 aliphatic rings. The Morgan fingerprint density at radius 3 is 2.19 bits per heavy atom. The predicted molar refractivity (Wildman–Crippen MR) is 107 cm³/mol. The van der Waals surface area contributed by atoms with Crippen molar-refractivity contribution in [3.63, 3.8) is 0 Å². The molecule has 0 spiro atoms. The van der Waals surface area contributed by atoms with Gasteiger partial charge in [0, 0.05) is 49.0 Å². The minimum Gasteiger partial charge on any atom is -0.343 e. The molecular weight excluding hydrogens is 340 g/mol. The van der Waals surface area contributed by atoms with Crippen LogP contribution in [0.1, 0.15) is 30.8 Å². The molecule has 0 bridgehead atoms. The second-order valence-corrected chi connectivity index (χ2v) is 6.26. The third kappa shape index (κ3) is 4.61. The lowest BCUT2D eigenvalue weighted by atomic mass is 10.1. The number of benzene rings is 1. The highest BCUT2D eigenvalue weighted by Crippen LogP contribution is 2.23. The van der Waals surface area contributed by atoms with E-state index in [-0.39, 0.29) is 11.8 Å². The van der Waals surface area contributed by atoms with Crippen LogP contribution in [-0.2, 0) is 11.3 Å². The number of amides is 2. The van der Waals surface area contributed by atoms with Crippen molar-refractivity contribution >= 4 is 23.2 Å².